The number of hydrogen-bond donors (Lipinski definition) is 3. The zero-order valence-electron chi connectivity index (χ0n) is 15.9. The number of nitrogens with one attached hydrogen (secondary N) is 1. The minimum absolute atomic E-state index is 0.00725. The number of azo groups is 1. The van der Waals surface area contributed by atoms with Crippen LogP contribution in [0, 0.1) is 5.92 Å². The fourth-order valence-corrected chi connectivity index (χ4v) is 3.67. The van der Waals surface area contributed by atoms with Crippen LogP contribution < -0.4 is 0 Å². The summed E-state index contributed by atoms with van der Waals surface area (Å²) in [4.78, 5) is 15.1. The molecule has 11 heteroatoms. The molecule has 3 aromatic rings. The molecule has 1 aromatic heterocycles. The van der Waals surface area contributed by atoms with E-state index in [0.29, 0.717) is 17.7 Å². The maximum absolute atomic E-state index is 12.8. The van der Waals surface area contributed by atoms with Gasteiger partial charge in [0.25, 0.3) is 16.0 Å². The predicted molar refractivity (Wildman–Crippen MR) is 108 cm³/mol. The van der Waals surface area contributed by atoms with Crippen LogP contribution in [0.5, 0.6) is 5.88 Å². The van der Waals surface area contributed by atoms with Gasteiger partial charge in [-0.1, -0.05) is 30.3 Å². The van der Waals surface area contributed by atoms with E-state index in [9.17, 15) is 22.9 Å². The zero-order valence-corrected chi connectivity index (χ0v) is 16.7. The van der Waals surface area contributed by atoms with E-state index >= 15 is 0 Å². The Morgan fingerprint density at radius 2 is 1.97 bits per heavy atom. The monoisotopic (exact) mass is 443 g/mol. The van der Waals surface area contributed by atoms with Crippen LogP contribution in [0.2, 0.25) is 0 Å². The lowest BCUT2D eigenvalue weighted by atomic mass is 9.97. The molecule has 0 fully saturated rings. The van der Waals surface area contributed by atoms with Crippen LogP contribution in [0.3, 0.4) is 0 Å². The zero-order chi connectivity index (χ0) is 22.0. The van der Waals surface area contributed by atoms with Gasteiger partial charge in [0.1, 0.15) is 17.9 Å². The first-order valence-electron chi connectivity index (χ1n) is 9.09. The van der Waals surface area contributed by atoms with Crippen molar-refractivity contribution in [3.63, 3.8) is 0 Å². The van der Waals surface area contributed by atoms with Crippen molar-refractivity contribution in [2.75, 3.05) is 6.79 Å². The van der Waals surface area contributed by atoms with Gasteiger partial charge >= 0.3 is 0 Å². The number of aromatic amines is 1. The predicted octanol–water partition coefficient (Wildman–Crippen LogP) is 3.44. The van der Waals surface area contributed by atoms with Crippen molar-refractivity contribution in [1.82, 2.24) is 4.98 Å². The van der Waals surface area contributed by atoms with Crippen molar-refractivity contribution in [1.29, 1.82) is 0 Å². The minimum Gasteiger partial charge on any atom is -0.493 e. The third kappa shape index (κ3) is 4.42. The van der Waals surface area contributed by atoms with Gasteiger partial charge in [-0.2, -0.15) is 8.42 Å². The molecule has 1 aliphatic rings. The van der Waals surface area contributed by atoms with Gasteiger partial charge in [-0.15, -0.1) is 10.2 Å². The quantitative estimate of drug-likeness (QED) is 0.390. The molecule has 0 bridgehead atoms. The summed E-state index contributed by atoms with van der Waals surface area (Å²) in [5, 5.41) is 17.9. The lowest BCUT2D eigenvalue weighted by Gasteiger charge is -2.12. The number of aromatic hydroxyl groups is 1. The highest BCUT2D eigenvalue weighted by atomic mass is 32.2. The fourth-order valence-electron chi connectivity index (χ4n) is 3.17. The lowest BCUT2D eigenvalue weighted by molar-refractivity contribution is -0.122. The Balaban J connectivity index is 1.66. The summed E-state index contributed by atoms with van der Waals surface area (Å²) in [5.41, 5.74) is 1.09. The number of hydrogen-bond acceptors (Lipinski definition) is 7. The van der Waals surface area contributed by atoms with Crippen LogP contribution in [-0.2, 0) is 30.8 Å². The van der Waals surface area contributed by atoms with Crippen LogP contribution in [-0.4, -0.2) is 35.8 Å². The molecule has 0 saturated carbocycles. The molecule has 31 heavy (non-hydrogen) atoms. The first kappa shape index (κ1) is 20.6. The fraction of sp³-hybridized carbons (Fsp3) is 0.150. The number of fused-ring (bicyclic) bond motifs is 1. The number of nitrogens with zero attached hydrogens (tertiary/aromatic N) is 2. The van der Waals surface area contributed by atoms with E-state index in [1.54, 1.807) is 0 Å². The summed E-state index contributed by atoms with van der Waals surface area (Å²) in [6.07, 6.45) is 1.64. The van der Waals surface area contributed by atoms with Crippen molar-refractivity contribution in [2.24, 2.45) is 16.1 Å². The highest BCUT2D eigenvalue weighted by Gasteiger charge is 2.28. The molecule has 2 aromatic carbocycles. The highest BCUT2D eigenvalue weighted by Crippen LogP contribution is 2.37. The number of ether oxygens (including phenoxy) is 2. The molecule has 3 N–H and O–H groups in total. The Kier molecular flexibility index (Phi) is 5.44. The Morgan fingerprint density at radius 3 is 2.65 bits per heavy atom. The van der Waals surface area contributed by atoms with Crippen molar-refractivity contribution >= 4 is 32.6 Å². The van der Waals surface area contributed by atoms with Gasteiger partial charge in [0.15, 0.2) is 5.69 Å². The number of rotatable bonds is 6. The standard InChI is InChI=1S/C20H17N3O7S/c24-19(15(17-10-29-11-30-17)8-12-4-2-1-3-5-12)23-22-18-14-9-13(31(26,27)28)6-7-16(14)21-20(18)25/h1-7,9-10,15,21,25H,8,11H2,(H,26,27,28). The lowest BCUT2D eigenvalue weighted by Crippen LogP contribution is -2.18. The third-order valence-electron chi connectivity index (χ3n) is 4.69. The molecule has 0 spiro atoms. The van der Waals surface area contributed by atoms with Gasteiger partial charge in [-0.25, -0.2) is 0 Å². The van der Waals surface area contributed by atoms with Crippen molar-refractivity contribution in [3.05, 3.63) is 66.1 Å². The number of amides is 1. The van der Waals surface area contributed by atoms with E-state index in [-0.39, 0.29) is 22.8 Å². The minimum atomic E-state index is -4.46. The first-order valence-corrected chi connectivity index (χ1v) is 10.5. The number of benzene rings is 2. The van der Waals surface area contributed by atoms with Gasteiger partial charge in [0, 0.05) is 5.39 Å². The van der Waals surface area contributed by atoms with Gasteiger partial charge < -0.3 is 19.6 Å². The second-order valence-electron chi connectivity index (χ2n) is 6.73. The van der Waals surface area contributed by atoms with Crippen molar-refractivity contribution < 1.29 is 32.3 Å². The first-order chi connectivity index (χ1) is 14.8. The average molecular weight is 443 g/mol. The van der Waals surface area contributed by atoms with Crippen LogP contribution >= 0.6 is 0 Å². The molecular weight excluding hydrogens is 426 g/mol. The molecule has 1 aliphatic heterocycles. The van der Waals surface area contributed by atoms with Crippen LogP contribution in [0.25, 0.3) is 10.9 Å². The number of H-pyrrole nitrogens is 1. The maximum atomic E-state index is 12.8. The molecule has 4 rings (SSSR count). The smallest absolute Gasteiger partial charge is 0.294 e. The molecule has 0 saturated heterocycles. The molecular formula is C20H17N3O7S. The molecule has 1 unspecified atom stereocenters. The largest absolute Gasteiger partial charge is 0.493 e. The molecule has 160 valence electrons. The summed E-state index contributed by atoms with van der Waals surface area (Å²) >= 11 is 0. The second kappa shape index (κ2) is 8.20. The van der Waals surface area contributed by atoms with Crippen molar-refractivity contribution in [3.8, 4) is 5.88 Å². The second-order valence-corrected chi connectivity index (χ2v) is 8.16. The summed E-state index contributed by atoms with van der Waals surface area (Å²) < 4.78 is 42.5. The van der Waals surface area contributed by atoms with E-state index in [1.165, 1.54) is 18.4 Å². The molecule has 0 radical (unpaired) electrons. The van der Waals surface area contributed by atoms with E-state index in [4.69, 9.17) is 9.47 Å². The normalized spacial score (nSPS) is 14.9. The summed E-state index contributed by atoms with van der Waals surface area (Å²) in [6, 6.07) is 12.9. The van der Waals surface area contributed by atoms with E-state index < -0.39 is 27.8 Å². The van der Waals surface area contributed by atoms with Crippen molar-refractivity contribution in [2.45, 2.75) is 11.3 Å². The number of aromatic nitrogens is 1. The Bertz CT molecular complexity index is 1300. The third-order valence-corrected chi connectivity index (χ3v) is 5.54. The average Bonchev–Trinajstić information content (AvgIpc) is 3.37. The van der Waals surface area contributed by atoms with Crippen LogP contribution in [0.15, 0.2) is 75.7 Å². The summed E-state index contributed by atoms with van der Waals surface area (Å²) in [7, 11) is -4.46. The Labute approximate surface area is 176 Å². The summed E-state index contributed by atoms with van der Waals surface area (Å²) in [6.45, 7) is -0.00725. The van der Waals surface area contributed by atoms with Gasteiger partial charge in [0.2, 0.25) is 12.7 Å². The van der Waals surface area contributed by atoms with Crippen LogP contribution in [0.4, 0.5) is 5.69 Å². The maximum Gasteiger partial charge on any atom is 0.294 e. The number of carbonyl (C=O) groups excluding carboxylic acids is 1. The summed E-state index contributed by atoms with van der Waals surface area (Å²) in [5.74, 6) is -1.53. The molecule has 0 aliphatic carbocycles. The van der Waals surface area contributed by atoms with E-state index in [2.05, 4.69) is 15.2 Å². The molecule has 10 nitrogen and oxygen atoms in total. The van der Waals surface area contributed by atoms with Crippen LogP contribution in [0.1, 0.15) is 5.56 Å². The van der Waals surface area contributed by atoms with E-state index in [1.807, 2.05) is 30.3 Å². The molecule has 1 atom stereocenters. The Hall–Kier alpha value is -3.70. The number of carbonyl (C=O) groups is 1. The van der Waals surface area contributed by atoms with Gasteiger partial charge in [-0.3, -0.25) is 9.35 Å². The topological polar surface area (TPSA) is 151 Å². The van der Waals surface area contributed by atoms with Gasteiger partial charge in [-0.05, 0) is 30.2 Å². The molecule has 1 amide bonds. The van der Waals surface area contributed by atoms with E-state index in [0.717, 1.165) is 11.6 Å². The van der Waals surface area contributed by atoms with Gasteiger partial charge in [0.05, 0.1) is 10.4 Å². The molecule has 2 heterocycles. The Morgan fingerprint density at radius 1 is 1.19 bits per heavy atom. The SMILES string of the molecule is O=C(N=Nc1c(O)[nH]c2ccc(S(=O)(=O)O)cc12)C(Cc1ccccc1)C1=COCO1. The highest BCUT2D eigenvalue weighted by molar-refractivity contribution is 7.85.